The standard InChI is InChI=1S/C17H25N5O3S/c1-26(24,25)22-10-8-20(9-11-22)15-6-7-21(12-15)17(23)14-4-2-13(3-5-14)16(18)19/h2-5,15H,6-12H2,1H3,(H3,18,19)/t15-/m0/s1. The van der Waals surface area contributed by atoms with Gasteiger partial charge in [0.15, 0.2) is 0 Å². The maximum absolute atomic E-state index is 12.7. The summed E-state index contributed by atoms with van der Waals surface area (Å²) in [5.41, 5.74) is 6.64. The summed E-state index contributed by atoms with van der Waals surface area (Å²) in [7, 11) is -3.12. The lowest BCUT2D eigenvalue weighted by atomic mass is 10.1. The summed E-state index contributed by atoms with van der Waals surface area (Å²) in [4.78, 5) is 16.8. The molecule has 1 aromatic carbocycles. The van der Waals surface area contributed by atoms with Gasteiger partial charge in [-0.25, -0.2) is 8.42 Å². The summed E-state index contributed by atoms with van der Waals surface area (Å²) in [6.45, 7) is 3.78. The molecule has 0 unspecified atom stereocenters. The second kappa shape index (κ2) is 7.34. The van der Waals surface area contributed by atoms with Crippen molar-refractivity contribution in [1.82, 2.24) is 14.1 Å². The van der Waals surface area contributed by atoms with Crippen LogP contribution in [-0.4, -0.2) is 85.8 Å². The number of amidine groups is 1. The number of rotatable bonds is 4. The van der Waals surface area contributed by atoms with E-state index in [0.717, 1.165) is 6.42 Å². The highest BCUT2D eigenvalue weighted by Crippen LogP contribution is 2.20. The van der Waals surface area contributed by atoms with E-state index in [9.17, 15) is 13.2 Å². The van der Waals surface area contributed by atoms with Gasteiger partial charge in [0.2, 0.25) is 10.0 Å². The molecule has 2 saturated heterocycles. The molecule has 1 aromatic rings. The zero-order valence-electron chi connectivity index (χ0n) is 14.9. The lowest BCUT2D eigenvalue weighted by molar-refractivity contribution is 0.0767. The highest BCUT2D eigenvalue weighted by atomic mass is 32.2. The predicted molar refractivity (Wildman–Crippen MR) is 99.8 cm³/mol. The van der Waals surface area contributed by atoms with Crippen molar-refractivity contribution in [3.05, 3.63) is 35.4 Å². The van der Waals surface area contributed by atoms with E-state index in [2.05, 4.69) is 4.90 Å². The molecule has 2 heterocycles. The van der Waals surface area contributed by atoms with Crippen molar-refractivity contribution in [2.75, 3.05) is 45.5 Å². The first kappa shape index (κ1) is 18.8. The average molecular weight is 379 g/mol. The second-order valence-electron chi connectivity index (χ2n) is 6.88. The van der Waals surface area contributed by atoms with E-state index in [4.69, 9.17) is 11.1 Å². The van der Waals surface area contributed by atoms with E-state index in [1.807, 2.05) is 4.90 Å². The minimum atomic E-state index is -3.12. The largest absolute Gasteiger partial charge is 0.384 e. The van der Waals surface area contributed by atoms with E-state index in [0.29, 0.717) is 50.4 Å². The van der Waals surface area contributed by atoms with Crippen LogP contribution in [0.1, 0.15) is 22.3 Å². The molecule has 0 bridgehead atoms. The van der Waals surface area contributed by atoms with Gasteiger partial charge in [-0.1, -0.05) is 12.1 Å². The van der Waals surface area contributed by atoms with Crippen molar-refractivity contribution >= 4 is 21.8 Å². The van der Waals surface area contributed by atoms with Gasteiger partial charge in [0.05, 0.1) is 6.26 Å². The number of amides is 1. The Kier molecular flexibility index (Phi) is 5.31. The molecule has 142 valence electrons. The first-order chi connectivity index (χ1) is 12.3. The molecule has 3 N–H and O–H groups in total. The Bertz CT molecular complexity index is 785. The van der Waals surface area contributed by atoms with Crippen LogP contribution in [0.2, 0.25) is 0 Å². The maximum Gasteiger partial charge on any atom is 0.253 e. The summed E-state index contributed by atoms with van der Waals surface area (Å²) >= 11 is 0. The molecule has 0 saturated carbocycles. The van der Waals surface area contributed by atoms with Crippen LogP contribution in [0.3, 0.4) is 0 Å². The van der Waals surface area contributed by atoms with Gasteiger partial charge in [-0.15, -0.1) is 0 Å². The van der Waals surface area contributed by atoms with Crippen molar-refractivity contribution in [1.29, 1.82) is 5.41 Å². The van der Waals surface area contributed by atoms with E-state index in [1.54, 1.807) is 24.3 Å². The van der Waals surface area contributed by atoms with Gasteiger partial charge in [0, 0.05) is 56.4 Å². The van der Waals surface area contributed by atoms with Gasteiger partial charge in [0.1, 0.15) is 5.84 Å². The Morgan fingerprint density at radius 1 is 1.08 bits per heavy atom. The van der Waals surface area contributed by atoms with Crippen LogP contribution in [0.5, 0.6) is 0 Å². The summed E-state index contributed by atoms with van der Waals surface area (Å²) in [5.74, 6) is -0.0316. The fourth-order valence-corrected chi connectivity index (χ4v) is 4.43. The number of benzene rings is 1. The Morgan fingerprint density at radius 2 is 1.65 bits per heavy atom. The molecule has 2 fully saturated rings. The SMILES string of the molecule is CS(=O)(=O)N1CCN([C@H]2CCN(C(=O)c3ccc(C(=N)N)cc3)C2)CC1. The third-order valence-corrected chi connectivity index (χ3v) is 6.46. The molecule has 2 aliphatic rings. The number of nitrogen functional groups attached to an aromatic ring is 1. The summed E-state index contributed by atoms with van der Waals surface area (Å²) in [5, 5.41) is 7.41. The van der Waals surface area contributed by atoms with Crippen molar-refractivity contribution < 1.29 is 13.2 Å². The van der Waals surface area contributed by atoms with Crippen LogP contribution in [0.25, 0.3) is 0 Å². The number of likely N-dealkylation sites (tertiary alicyclic amines) is 1. The average Bonchev–Trinajstić information content (AvgIpc) is 3.10. The van der Waals surface area contributed by atoms with Gasteiger partial charge in [-0.3, -0.25) is 15.1 Å². The smallest absolute Gasteiger partial charge is 0.253 e. The maximum atomic E-state index is 12.7. The molecular formula is C17H25N5O3S. The van der Waals surface area contributed by atoms with Crippen LogP contribution in [0, 0.1) is 5.41 Å². The fourth-order valence-electron chi connectivity index (χ4n) is 3.60. The van der Waals surface area contributed by atoms with Gasteiger partial charge >= 0.3 is 0 Å². The third-order valence-electron chi connectivity index (χ3n) is 5.15. The highest BCUT2D eigenvalue weighted by molar-refractivity contribution is 7.88. The molecule has 26 heavy (non-hydrogen) atoms. The predicted octanol–water partition coefficient (Wildman–Crippen LogP) is -0.238. The minimum Gasteiger partial charge on any atom is -0.384 e. The van der Waals surface area contributed by atoms with E-state index in [1.165, 1.54) is 10.6 Å². The Morgan fingerprint density at radius 3 is 2.19 bits per heavy atom. The molecule has 0 spiro atoms. The van der Waals surface area contributed by atoms with Crippen molar-refractivity contribution in [3.8, 4) is 0 Å². The number of hydrogen-bond acceptors (Lipinski definition) is 5. The normalized spacial score (nSPS) is 22.5. The molecule has 0 aliphatic carbocycles. The molecule has 2 aliphatic heterocycles. The number of nitrogens with two attached hydrogens (primary N) is 1. The van der Waals surface area contributed by atoms with Crippen LogP contribution in [0.4, 0.5) is 0 Å². The first-order valence-corrected chi connectivity index (χ1v) is 10.5. The third kappa shape index (κ3) is 4.05. The molecule has 1 amide bonds. The zero-order chi connectivity index (χ0) is 18.9. The molecule has 9 heteroatoms. The second-order valence-corrected chi connectivity index (χ2v) is 8.87. The Hall–Kier alpha value is -1.97. The number of sulfonamides is 1. The first-order valence-electron chi connectivity index (χ1n) is 8.68. The summed E-state index contributed by atoms with van der Waals surface area (Å²) in [6, 6.07) is 7.06. The van der Waals surface area contributed by atoms with Gasteiger partial charge in [-0.2, -0.15) is 4.31 Å². The van der Waals surface area contributed by atoms with Gasteiger partial charge in [0.25, 0.3) is 5.91 Å². The number of nitrogens with zero attached hydrogens (tertiary/aromatic N) is 3. The molecule has 8 nitrogen and oxygen atoms in total. The van der Waals surface area contributed by atoms with Crippen molar-refractivity contribution in [3.63, 3.8) is 0 Å². The molecule has 1 atom stereocenters. The van der Waals surface area contributed by atoms with Crippen LogP contribution >= 0.6 is 0 Å². The monoisotopic (exact) mass is 379 g/mol. The number of hydrogen-bond donors (Lipinski definition) is 2. The van der Waals surface area contributed by atoms with Crippen molar-refractivity contribution in [2.24, 2.45) is 5.73 Å². The lowest BCUT2D eigenvalue weighted by Crippen LogP contribution is -2.52. The van der Waals surface area contributed by atoms with E-state index >= 15 is 0 Å². The number of nitrogens with one attached hydrogen (secondary N) is 1. The minimum absolute atomic E-state index is 0.0153. The lowest BCUT2D eigenvalue weighted by Gasteiger charge is -2.36. The van der Waals surface area contributed by atoms with Crippen LogP contribution in [0.15, 0.2) is 24.3 Å². The summed E-state index contributed by atoms with van der Waals surface area (Å²) in [6.07, 6.45) is 2.14. The quantitative estimate of drug-likeness (QED) is 0.554. The van der Waals surface area contributed by atoms with Gasteiger partial charge in [-0.05, 0) is 18.6 Å². The fraction of sp³-hybridized carbons (Fsp3) is 0.529. The van der Waals surface area contributed by atoms with E-state index < -0.39 is 10.0 Å². The van der Waals surface area contributed by atoms with Crippen molar-refractivity contribution in [2.45, 2.75) is 12.5 Å². The number of piperazine rings is 1. The molecule has 3 rings (SSSR count). The molecular weight excluding hydrogens is 354 g/mol. The number of carbonyl (C=O) groups is 1. The zero-order valence-corrected chi connectivity index (χ0v) is 15.7. The van der Waals surface area contributed by atoms with Crippen LogP contribution in [-0.2, 0) is 10.0 Å². The summed E-state index contributed by atoms with van der Waals surface area (Å²) < 4.78 is 24.7. The molecule has 0 aromatic heterocycles. The number of carbonyl (C=O) groups excluding carboxylic acids is 1. The van der Waals surface area contributed by atoms with E-state index in [-0.39, 0.29) is 17.8 Å². The van der Waals surface area contributed by atoms with Gasteiger partial charge < -0.3 is 10.6 Å². The Labute approximate surface area is 154 Å². The van der Waals surface area contributed by atoms with Crippen LogP contribution < -0.4 is 5.73 Å². The molecule has 0 radical (unpaired) electrons. The Balaban J connectivity index is 1.57. The highest BCUT2D eigenvalue weighted by Gasteiger charge is 2.33. The topological polar surface area (TPSA) is 111 Å².